The number of hydrogen-bond acceptors (Lipinski definition) is 4. The molecule has 0 aliphatic rings. The van der Waals surface area contributed by atoms with Gasteiger partial charge in [-0.25, -0.2) is 0 Å². The molecule has 2 rings (SSSR count). The molecular formula is C23H28Cl2N2O4. The topological polar surface area (TPSA) is 67.9 Å². The molecule has 1 atom stereocenters. The summed E-state index contributed by atoms with van der Waals surface area (Å²) in [5.74, 6) is 0.394. The first-order chi connectivity index (χ1) is 14.8. The molecule has 0 spiro atoms. The second-order valence-corrected chi connectivity index (χ2v) is 8.13. The van der Waals surface area contributed by atoms with Crippen LogP contribution in [0.3, 0.4) is 0 Å². The van der Waals surface area contributed by atoms with Gasteiger partial charge in [-0.1, -0.05) is 48.3 Å². The molecule has 0 saturated carbocycles. The summed E-state index contributed by atoms with van der Waals surface area (Å²) in [4.78, 5) is 27.5. The lowest BCUT2D eigenvalue weighted by Gasteiger charge is -2.31. The molecule has 2 aromatic rings. The summed E-state index contributed by atoms with van der Waals surface area (Å²) in [6, 6.07) is 11.4. The Kier molecular flexibility index (Phi) is 9.46. The van der Waals surface area contributed by atoms with Crippen LogP contribution in [0.1, 0.15) is 32.8 Å². The molecule has 0 saturated heterocycles. The average molecular weight is 467 g/mol. The normalized spacial score (nSPS) is 11.7. The summed E-state index contributed by atoms with van der Waals surface area (Å²) >= 11 is 12.3. The van der Waals surface area contributed by atoms with Crippen LogP contribution in [-0.4, -0.2) is 42.5 Å². The molecule has 168 valence electrons. The number of halogens is 2. The van der Waals surface area contributed by atoms with E-state index in [0.717, 1.165) is 0 Å². The largest absolute Gasteiger partial charge is 0.493 e. The quantitative estimate of drug-likeness (QED) is 0.550. The number of benzene rings is 2. The molecule has 0 bridgehead atoms. The summed E-state index contributed by atoms with van der Waals surface area (Å²) < 4.78 is 11.0. The molecule has 0 radical (unpaired) electrons. The van der Waals surface area contributed by atoms with Crippen molar-refractivity contribution in [3.8, 4) is 11.5 Å². The fraction of sp³-hybridized carbons (Fsp3) is 0.391. The van der Waals surface area contributed by atoms with E-state index in [9.17, 15) is 9.59 Å². The van der Waals surface area contributed by atoms with Crippen LogP contribution in [0.25, 0.3) is 0 Å². The van der Waals surface area contributed by atoms with Gasteiger partial charge in [-0.05, 0) is 50.1 Å². The summed E-state index contributed by atoms with van der Waals surface area (Å²) in [6.07, 6.45) is 0.435. The molecule has 2 aromatic carbocycles. The average Bonchev–Trinajstić information content (AvgIpc) is 2.73. The monoisotopic (exact) mass is 466 g/mol. The van der Waals surface area contributed by atoms with E-state index in [0.29, 0.717) is 33.5 Å². The summed E-state index contributed by atoms with van der Waals surface area (Å²) in [7, 11) is 1.53. The molecule has 0 aromatic heterocycles. The molecule has 0 fully saturated rings. The predicted molar refractivity (Wildman–Crippen MR) is 123 cm³/mol. The van der Waals surface area contributed by atoms with Gasteiger partial charge >= 0.3 is 0 Å². The van der Waals surface area contributed by atoms with Crippen molar-refractivity contribution < 1.29 is 19.1 Å². The highest BCUT2D eigenvalue weighted by molar-refractivity contribution is 6.35. The zero-order valence-corrected chi connectivity index (χ0v) is 19.7. The number of methoxy groups -OCH3 is 1. The second kappa shape index (κ2) is 11.8. The Hall–Kier alpha value is -2.44. The minimum absolute atomic E-state index is 0.0533. The van der Waals surface area contributed by atoms with Crippen molar-refractivity contribution in [1.82, 2.24) is 10.2 Å². The van der Waals surface area contributed by atoms with Crippen molar-refractivity contribution in [2.75, 3.05) is 13.7 Å². The minimum atomic E-state index is -0.678. The molecule has 1 N–H and O–H groups in total. The number of nitrogens with one attached hydrogen (secondary N) is 1. The molecule has 2 amide bonds. The minimum Gasteiger partial charge on any atom is -0.493 e. The van der Waals surface area contributed by atoms with Crippen molar-refractivity contribution in [2.24, 2.45) is 0 Å². The molecule has 0 unspecified atom stereocenters. The zero-order chi connectivity index (χ0) is 23.0. The Morgan fingerprint density at radius 2 is 1.77 bits per heavy atom. The van der Waals surface area contributed by atoms with E-state index in [1.807, 2.05) is 26.8 Å². The fourth-order valence-electron chi connectivity index (χ4n) is 3.09. The van der Waals surface area contributed by atoms with Crippen LogP contribution in [0.2, 0.25) is 10.0 Å². The van der Waals surface area contributed by atoms with E-state index in [4.69, 9.17) is 32.7 Å². The molecular weight excluding hydrogens is 439 g/mol. The van der Waals surface area contributed by atoms with Gasteiger partial charge in [-0.15, -0.1) is 0 Å². The first-order valence-corrected chi connectivity index (χ1v) is 10.8. The van der Waals surface area contributed by atoms with Crippen LogP contribution in [0.15, 0.2) is 42.5 Å². The lowest BCUT2D eigenvalue weighted by Crippen LogP contribution is -2.51. The number of rotatable bonds is 10. The standard InChI is InChI=1S/C23H28Cl2N2O4/c1-5-19(23(29)26-15(2)3)27(13-16-10-11-17(24)12-18(16)25)22(28)14-31-21-9-7-6-8-20(21)30-4/h6-12,15,19H,5,13-14H2,1-4H3,(H,26,29)/t19-/m1/s1. The predicted octanol–water partition coefficient (Wildman–Crippen LogP) is 4.71. The Balaban J connectivity index is 2.28. The number of para-hydroxylation sites is 2. The lowest BCUT2D eigenvalue weighted by atomic mass is 10.1. The smallest absolute Gasteiger partial charge is 0.261 e. The Morgan fingerprint density at radius 1 is 1.10 bits per heavy atom. The Bertz CT molecular complexity index is 905. The second-order valence-electron chi connectivity index (χ2n) is 7.28. The van der Waals surface area contributed by atoms with Gasteiger partial charge in [0.25, 0.3) is 5.91 Å². The number of carbonyl (C=O) groups excluding carboxylic acids is 2. The maximum Gasteiger partial charge on any atom is 0.261 e. The Labute approximate surface area is 193 Å². The molecule has 6 nitrogen and oxygen atoms in total. The third-order valence-corrected chi connectivity index (χ3v) is 5.18. The lowest BCUT2D eigenvalue weighted by molar-refractivity contribution is -0.143. The highest BCUT2D eigenvalue weighted by Crippen LogP contribution is 2.27. The van der Waals surface area contributed by atoms with Crippen LogP contribution < -0.4 is 14.8 Å². The first-order valence-electron chi connectivity index (χ1n) is 10.1. The number of ether oxygens (including phenoxy) is 2. The Morgan fingerprint density at radius 3 is 2.35 bits per heavy atom. The van der Waals surface area contributed by atoms with Crippen molar-refractivity contribution in [2.45, 2.75) is 45.8 Å². The van der Waals surface area contributed by atoms with Crippen LogP contribution in [-0.2, 0) is 16.1 Å². The van der Waals surface area contributed by atoms with Crippen LogP contribution in [0.4, 0.5) is 0 Å². The highest BCUT2D eigenvalue weighted by atomic mass is 35.5. The van der Waals surface area contributed by atoms with Gasteiger partial charge in [-0.2, -0.15) is 0 Å². The van der Waals surface area contributed by atoms with Crippen LogP contribution in [0, 0.1) is 0 Å². The van der Waals surface area contributed by atoms with Gasteiger partial charge in [0.2, 0.25) is 5.91 Å². The van der Waals surface area contributed by atoms with Crippen molar-refractivity contribution in [1.29, 1.82) is 0 Å². The van der Waals surface area contributed by atoms with Gasteiger partial charge in [0, 0.05) is 22.6 Å². The molecule has 0 heterocycles. The van der Waals surface area contributed by atoms with Gasteiger partial charge in [-0.3, -0.25) is 9.59 Å². The number of hydrogen-bond donors (Lipinski definition) is 1. The van der Waals surface area contributed by atoms with Gasteiger partial charge in [0.1, 0.15) is 6.04 Å². The number of carbonyl (C=O) groups is 2. The molecule has 31 heavy (non-hydrogen) atoms. The highest BCUT2D eigenvalue weighted by Gasteiger charge is 2.30. The fourth-order valence-corrected chi connectivity index (χ4v) is 3.56. The van der Waals surface area contributed by atoms with Gasteiger partial charge in [0.05, 0.1) is 7.11 Å². The summed E-state index contributed by atoms with van der Waals surface area (Å²) in [6.45, 7) is 5.50. The molecule has 0 aliphatic carbocycles. The first kappa shape index (κ1) is 24.8. The van der Waals surface area contributed by atoms with Crippen molar-refractivity contribution in [3.63, 3.8) is 0 Å². The number of nitrogens with zero attached hydrogens (tertiary/aromatic N) is 1. The van der Waals surface area contributed by atoms with Gasteiger partial charge in [0.15, 0.2) is 18.1 Å². The van der Waals surface area contributed by atoms with Crippen LogP contribution in [0.5, 0.6) is 11.5 Å². The van der Waals surface area contributed by atoms with E-state index in [-0.39, 0.29) is 31.0 Å². The summed E-state index contributed by atoms with van der Waals surface area (Å²) in [5, 5.41) is 3.80. The molecule has 0 aliphatic heterocycles. The van der Waals surface area contributed by atoms with Crippen LogP contribution >= 0.6 is 23.2 Å². The van der Waals surface area contributed by atoms with Crippen molar-refractivity contribution in [3.05, 3.63) is 58.1 Å². The van der Waals surface area contributed by atoms with E-state index in [2.05, 4.69) is 5.32 Å². The maximum absolute atomic E-state index is 13.2. The third kappa shape index (κ3) is 7.04. The third-order valence-electron chi connectivity index (χ3n) is 4.59. The van der Waals surface area contributed by atoms with E-state index in [1.54, 1.807) is 36.4 Å². The molecule has 8 heteroatoms. The van der Waals surface area contributed by atoms with E-state index < -0.39 is 6.04 Å². The van der Waals surface area contributed by atoms with E-state index in [1.165, 1.54) is 12.0 Å². The van der Waals surface area contributed by atoms with Gasteiger partial charge < -0.3 is 19.7 Å². The van der Waals surface area contributed by atoms with E-state index >= 15 is 0 Å². The maximum atomic E-state index is 13.2. The van der Waals surface area contributed by atoms with Crippen molar-refractivity contribution >= 4 is 35.0 Å². The number of amides is 2. The summed E-state index contributed by atoms with van der Waals surface area (Å²) in [5.41, 5.74) is 0.688. The SMILES string of the molecule is CC[C@H](C(=O)NC(C)C)N(Cc1ccc(Cl)cc1Cl)C(=O)COc1ccccc1OC. The zero-order valence-electron chi connectivity index (χ0n) is 18.2.